The highest BCUT2D eigenvalue weighted by Crippen LogP contribution is 2.22. The van der Waals surface area contributed by atoms with Gasteiger partial charge in [-0.2, -0.15) is 0 Å². The van der Waals surface area contributed by atoms with Crippen molar-refractivity contribution >= 4 is 17.0 Å². The van der Waals surface area contributed by atoms with Gasteiger partial charge in [-0.25, -0.2) is 0 Å². The highest BCUT2D eigenvalue weighted by Gasteiger charge is 2.19. The average Bonchev–Trinajstić information content (AvgIpc) is 2.41. The van der Waals surface area contributed by atoms with Gasteiger partial charge in [-0.3, -0.25) is 0 Å². The summed E-state index contributed by atoms with van der Waals surface area (Å²) in [5.74, 6) is 0. The Labute approximate surface area is 125 Å². The maximum Gasteiger partial charge on any atom is 0.00696 e. The number of rotatable bonds is 3. The Balaban J connectivity index is 0.000000512. The lowest BCUT2D eigenvalue weighted by Crippen LogP contribution is -2.40. The Kier molecular flexibility index (Phi) is 12.8. The first-order valence-corrected chi connectivity index (χ1v) is 8.12. The lowest BCUT2D eigenvalue weighted by Gasteiger charge is -2.30. The van der Waals surface area contributed by atoms with E-state index in [-0.39, 0.29) is 17.0 Å². The molecular weight excluding hydrogens is 286 g/mol. The zero-order chi connectivity index (χ0) is 12.3. The zero-order valence-electron chi connectivity index (χ0n) is 12.5. The maximum atomic E-state index is 3.86. The number of hydrogen-bond acceptors (Lipinski definition) is 1. The third-order valence-corrected chi connectivity index (χ3v) is 4.18. The van der Waals surface area contributed by atoms with Gasteiger partial charge < -0.3 is 5.32 Å². The minimum Gasteiger partial charge on any atom is -0.311 e. The third-order valence-electron chi connectivity index (χ3n) is 4.18. The fourth-order valence-electron chi connectivity index (χ4n) is 2.87. The van der Waals surface area contributed by atoms with Crippen molar-refractivity contribution in [2.75, 3.05) is 0 Å². The first-order chi connectivity index (χ1) is 8.36. The molecule has 0 aromatic carbocycles. The first kappa shape index (κ1) is 18.4. The van der Waals surface area contributed by atoms with Crippen LogP contribution in [0.3, 0.4) is 0 Å². The van der Waals surface area contributed by atoms with Crippen molar-refractivity contribution in [1.29, 1.82) is 0 Å². The SMILES string of the molecule is Br.C1CCC(NC2CCCCC2)CC1.CCCC. The van der Waals surface area contributed by atoms with Crippen molar-refractivity contribution in [2.45, 2.75) is 103 Å². The molecule has 0 atom stereocenters. The Bertz CT molecular complexity index is 142. The van der Waals surface area contributed by atoms with Gasteiger partial charge in [0.05, 0.1) is 0 Å². The first-order valence-electron chi connectivity index (χ1n) is 8.12. The molecule has 0 aromatic heterocycles. The highest BCUT2D eigenvalue weighted by molar-refractivity contribution is 8.93. The van der Waals surface area contributed by atoms with Crippen LogP contribution in [0.15, 0.2) is 0 Å². The summed E-state index contributed by atoms with van der Waals surface area (Å²) >= 11 is 0. The summed E-state index contributed by atoms with van der Waals surface area (Å²) in [7, 11) is 0. The third kappa shape index (κ3) is 8.53. The molecule has 0 bridgehead atoms. The van der Waals surface area contributed by atoms with Crippen LogP contribution in [0.5, 0.6) is 0 Å². The summed E-state index contributed by atoms with van der Waals surface area (Å²) in [5.41, 5.74) is 0. The van der Waals surface area contributed by atoms with Gasteiger partial charge in [-0.1, -0.05) is 65.2 Å². The van der Waals surface area contributed by atoms with Crippen molar-refractivity contribution in [3.8, 4) is 0 Å². The van der Waals surface area contributed by atoms with Gasteiger partial charge in [0.2, 0.25) is 0 Å². The Morgan fingerprint density at radius 2 is 1.00 bits per heavy atom. The van der Waals surface area contributed by atoms with Gasteiger partial charge in [-0.15, -0.1) is 17.0 Å². The van der Waals surface area contributed by atoms with Crippen LogP contribution in [0.4, 0.5) is 0 Å². The molecule has 0 spiro atoms. The lowest BCUT2D eigenvalue weighted by molar-refractivity contribution is 0.291. The van der Waals surface area contributed by atoms with E-state index in [2.05, 4.69) is 19.2 Å². The summed E-state index contributed by atoms with van der Waals surface area (Å²) in [6.45, 7) is 4.36. The van der Waals surface area contributed by atoms with Gasteiger partial charge in [0.25, 0.3) is 0 Å². The number of hydrogen-bond donors (Lipinski definition) is 1. The quantitative estimate of drug-likeness (QED) is 0.711. The van der Waals surface area contributed by atoms with Crippen molar-refractivity contribution in [2.24, 2.45) is 0 Å². The van der Waals surface area contributed by atoms with Crippen LogP contribution in [0.1, 0.15) is 90.9 Å². The summed E-state index contributed by atoms with van der Waals surface area (Å²) in [4.78, 5) is 0. The zero-order valence-corrected chi connectivity index (χ0v) is 14.3. The normalized spacial score (nSPS) is 21.7. The van der Waals surface area contributed by atoms with Gasteiger partial charge in [0.1, 0.15) is 0 Å². The monoisotopic (exact) mass is 319 g/mol. The van der Waals surface area contributed by atoms with E-state index in [0.717, 1.165) is 12.1 Å². The molecule has 0 unspecified atom stereocenters. The molecule has 110 valence electrons. The molecule has 0 aliphatic heterocycles. The molecule has 1 N–H and O–H groups in total. The second-order valence-corrected chi connectivity index (χ2v) is 5.84. The van der Waals surface area contributed by atoms with Crippen LogP contribution in [-0.2, 0) is 0 Å². The smallest absolute Gasteiger partial charge is 0.00696 e. The van der Waals surface area contributed by atoms with Gasteiger partial charge >= 0.3 is 0 Å². The molecule has 2 saturated carbocycles. The predicted octanol–water partition coefficient (Wildman–Crippen LogP) is 5.63. The molecular formula is C16H34BrN. The van der Waals surface area contributed by atoms with Gasteiger partial charge in [-0.05, 0) is 25.7 Å². The van der Waals surface area contributed by atoms with E-state index in [0.29, 0.717) is 0 Å². The summed E-state index contributed by atoms with van der Waals surface area (Å²) in [6, 6.07) is 1.74. The summed E-state index contributed by atoms with van der Waals surface area (Å²) in [6.07, 6.45) is 17.2. The summed E-state index contributed by atoms with van der Waals surface area (Å²) in [5, 5.41) is 3.86. The van der Waals surface area contributed by atoms with Crippen molar-refractivity contribution in [1.82, 2.24) is 5.32 Å². The largest absolute Gasteiger partial charge is 0.311 e. The van der Waals surface area contributed by atoms with E-state index < -0.39 is 0 Å². The number of halogens is 1. The minimum absolute atomic E-state index is 0. The summed E-state index contributed by atoms with van der Waals surface area (Å²) < 4.78 is 0. The van der Waals surface area contributed by atoms with Crippen LogP contribution in [-0.4, -0.2) is 12.1 Å². The van der Waals surface area contributed by atoms with Crippen LogP contribution >= 0.6 is 17.0 Å². The second kappa shape index (κ2) is 12.5. The molecule has 0 heterocycles. The van der Waals surface area contributed by atoms with Crippen LogP contribution in [0.2, 0.25) is 0 Å². The van der Waals surface area contributed by atoms with Crippen molar-refractivity contribution in [3.05, 3.63) is 0 Å². The average molecular weight is 320 g/mol. The molecule has 0 radical (unpaired) electrons. The topological polar surface area (TPSA) is 12.0 Å². The molecule has 2 heteroatoms. The maximum absolute atomic E-state index is 3.86. The van der Waals surface area contributed by atoms with E-state index >= 15 is 0 Å². The van der Waals surface area contributed by atoms with E-state index in [9.17, 15) is 0 Å². The van der Waals surface area contributed by atoms with Crippen LogP contribution < -0.4 is 5.32 Å². The fraction of sp³-hybridized carbons (Fsp3) is 1.00. The Hall–Kier alpha value is 0.440. The van der Waals surface area contributed by atoms with Crippen LogP contribution in [0.25, 0.3) is 0 Å². The van der Waals surface area contributed by atoms with Gasteiger partial charge in [0, 0.05) is 12.1 Å². The van der Waals surface area contributed by atoms with Crippen molar-refractivity contribution < 1.29 is 0 Å². The molecule has 1 nitrogen and oxygen atoms in total. The lowest BCUT2D eigenvalue weighted by atomic mass is 9.91. The van der Waals surface area contributed by atoms with Gasteiger partial charge in [0.15, 0.2) is 0 Å². The van der Waals surface area contributed by atoms with Crippen LogP contribution in [0, 0.1) is 0 Å². The molecule has 0 saturated heterocycles. The Morgan fingerprint density at radius 3 is 1.28 bits per heavy atom. The molecule has 2 aliphatic carbocycles. The minimum atomic E-state index is 0. The van der Waals surface area contributed by atoms with E-state index in [1.165, 1.54) is 77.0 Å². The molecule has 2 fully saturated rings. The van der Waals surface area contributed by atoms with E-state index in [4.69, 9.17) is 0 Å². The number of nitrogens with one attached hydrogen (secondary N) is 1. The Morgan fingerprint density at radius 1 is 0.667 bits per heavy atom. The number of unbranched alkanes of at least 4 members (excludes halogenated alkanes) is 1. The van der Waals surface area contributed by atoms with Crippen molar-refractivity contribution in [3.63, 3.8) is 0 Å². The predicted molar refractivity (Wildman–Crippen MR) is 87.8 cm³/mol. The van der Waals surface area contributed by atoms with E-state index in [1.807, 2.05) is 0 Å². The molecule has 0 aromatic rings. The highest BCUT2D eigenvalue weighted by atomic mass is 79.9. The fourth-order valence-corrected chi connectivity index (χ4v) is 2.87. The molecule has 2 aliphatic rings. The molecule has 18 heavy (non-hydrogen) atoms. The molecule has 0 amide bonds. The van der Waals surface area contributed by atoms with E-state index in [1.54, 1.807) is 0 Å². The molecule has 2 rings (SSSR count). The standard InChI is InChI=1S/C12H23N.C4H10.BrH/c1-3-7-11(8-4-1)13-12-9-5-2-6-10-12;1-3-4-2;/h11-13H,1-10H2;3-4H2,1-2H3;1H. The second-order valence-electron chi connectivity index (χ2n) is 5.84.